The van der Waals surface area contributed by atoms with E-state index in [-0.39, 0.29) is 5.56 Å². The highest BCUT2D eigenvalue weighted by molar-refractivity contribution is 7.10. The molecule has 2 aromatic rings. The molecule has 2 aromatic heterocycles. The molecule has 2 rings (SSSR count). The molecule has 0 aliphatic rings. The topological polar surface area (TPSA) is 50.2 Å². The van der Waals surface area contributed by atoms with Crippen molar-refractivity contribution in [3.8, 4) is 0 Å². The van der Waals surface area contributed by atoms with E-state index in [4.69, 9.17) is 0 Å². The van der Waals surface area contributed by atoms with Crippen LogP contribution in [0.4, 0.5) is 5.69 Å². The fourth-order valence-corrected chi connectivity index (χ4v) is 2.68. The van der Waals surface area contributed by atoms with Gasteiger partial charge < -0.3 is 10.2 Å². The van der Waals surface area contributed by atoms with Crippen molar-refractivity contribution in [3.05, 3.63) is 44.5 Å². The van der Waals surface area contributed by atoms with Gasteiger partial charge in [0.05, 0.1) is 18.4 Å². The van der Waals surface area contributed by atoms with Crippen LogP contribution in [0, 0.1) is 6.92 Å². The number of aromatic nitrogens is 2. The van der Waals surface area contributed by atoms with Crippen molar-refractivity contribution >= 4 is 17.0 Å². The van der Waals surface area contributed by atoms with Crippen molar-refractivity contribution in [3.63, 3.8) is 0 Å². The second-order valence-electron chi connectivity index (χ2n) is 4.87. The monoisotopic (exact) mass is 292 g/mol. The Morgan fingerprint density at radius 3 is 2.85 bits per heavy atom. The number of nitrogens with one attached hydrogen (secondary N) is 1. The molecule has 0 aliphatic carbocycles. The molecule has 0 fully saturated rings. The third-order valence-electron chi connectivity index (χ3n) is 3.13. The first-order chi connectivity index (χ1) is 9.58. The molecule has 5 nitrogen and oxygen atoms in total. The Labute approximate surface area is 122 Å². The van der Waals surface area contributed by atoms with Crippen LogP contribution < -0.4 is 15.8 Å². The Morgan fingerprint density at radius 2 is 2.25 bits per heavy atom. The molecule has 108 valence electrons. The second kappa shape index (κ2) is 6.67. The number of nitrogens with zero attached hydrogens (tertiary/aromatic N) is 3. The summed E-state index contributed by atoms with van der Waals surface area (Å²) < 4.78 is 1.49. The Morgan fingerprint density at radius 1 is 1.45 bits per heavy atom. The summed E-state index contributed by atoms with van der Waals surface area (Å²) in [7, 11) is 3.79. The van der Waals surface area contributed by atoms with Crippen LogP contribution >= 0.6 is 11.3 Å². The highest BCUT2D eigenvalue weighted by Gasteiger charge is 2.02. The lowest BCUT2D eigenvalue weighted by atomic mass is 10.3. The highest BCUT2D eigenvalue weighted by atomic mass is 32.1. The molecule has 0 bridgehead atoms. The average molecular weight is 292 g/mol. The maximum atomic E-state index is 11.9. The molecular weight excluding hydrogens is 272 g/mol. The molecule has 20 heavy (non-hydrogen) atoms. The van der Waals surface area contributed by atoms with Gasteiger partial charge in [0, 0.05) is 38.1 Å². The number of rotatable bonds is 6. The minimum absolute atomic E-state index is 0.0645. The SMILES string of the molecule is Cc1ccsc1CNCCn1ncc(N(C)C)cc1=O. The van der Waals surface area contributed by atoms with Crippen LogP contribution in [0.25, 0.3) is 0 Å². The Balaban J connectivity index is 1.85. The molecule has 0 spiro atoms. The smallest absolute Gasteiger partial charge is 0.268 e. The van der Waals surface area contributed by atoms with Crippen molar-refractivity contribution < 1.29 is 0 Å². The van der Waals surface area contributed by atoms with E-state index in [0.717, 1.165) is 18.8 Å². The van der Waals surface area contributed by atoms with E-state index < -0.39 is 0 Å². The van der Waals surface area contributed by atoms with E-state index >= 15 is 0 Å². The van der Waals surface area contributed by atoms with Gasteiger partial charge in [0.15, 0.2) is 0 Å². The van der Waals surface area contributed by atoms with E-state index in [1.165, 1.54) is 15.1 Å². The van der Waals surface area contributed by atoms with Crippen molar-refractivity contribution in [2.45, 2.75) is 20.0 Å². The van der Waals surface area contributed by atoms with Crippen LogP contribution in [-0.4, -0.2) is 30.4 Å². The standard InChI is InChI=1S/C14H20N4OS/c1-11-4-7-20-13(11)10-15-5-6-18-14(19)8-12(9-16-18)17(2)3/h4,7-9,15H,5-6,10H2,1-3H3. The second-order valence-corrected chi connectivity index (χ2v) is 5.87. The zero-order valence-electron chi connectivity index (χ0n) is 12.1. The zero-order valence-corrected chi connectivity index (χ0v) is 12.9. The molecule has 0 amide bonds. The summed E-state index contributed by atoms with van der Waals surface area (Å²) >= 11 is 1.75. The van der Waals surface area contributed by atoms with Crippen LogP contribution in [0.3, 0.4) is 0 Å². The quantitative estimate of drug-likeness (QED) is 0.819. The first-order valence-corrected chi connectivity index (χ1v) is 7.44. The van der Waals surface area contributed by atoms with Crippen LogP contribution in [0.1, 0.15) is 10.4 Å². The van der Waals surface area contributed by atoms with Gasteiger partial charge in [0.25, 0.3) is 5.56 Å². The summed E-state index contributed by atoms with van der Waals surface area (Å²) in [6, 6.07) is 3.73. The molecule has 0 radical (unpaired) electrons. The molecule has 0 unspecified atom stereocenters. The first kappa shape index (κ1) is 14.7. The van der Waals surface area contributed by atoms with E-state index in [1.807, 2.05) is 19.0 Å². The average Bonchev–Trinajstić information content (AvgIpc) is 2.81. The number of anilines is 1. The molecular formula is C14H20N4OS. The minimum atomic E-state index is -0.0645. The summed E-state index contributed by atoms with van der Waals surface area (Å²) in [4.78, 5) is 15.1. The summed E-state index contributed by atoms with van der Waals surface area (Å²) in [6.07, 6.45) is 1.71. The summed E-state index contributed by atoms with van der Waals surface area (Å²) in [5, 5.41) is 9.61. The fourth-order valence-electron chi connectivity index (χ4n) is 1.81. The van der Waals surface area contributed by atoms with E-state index in [1.54, 1.807) is 23.6 Å². The Hall–Kier alpha value is -1.66. The van der Waals surface area contributed by atoms with E-state index in [0.29, 0.717) is 6.54 Å². The predicted octanol–water partition coefficient (Wildman–Crippen LogP) is 1.47. The van der Waals surface area contributed by atoms with Crippen LogP contribution in [0.15, 0.2) is 28.5 Å². The maximum Gasteiger partial charge on any atom is 0.268 e. The largest absolute Gasteiger partial charge is 0.376 e. The minimum Gasteiger partial charge on any atom is -0.376 e. The van der Waals surface area contributed by atoms with Gasteiger partial charge in [-0.25, -0.2) is 4.68 Å². The highest BCUT2D eigenvalue weighted by Crippen LogP contribution is 2.14. The summed E-state index contributed by atoms with van der Waals surface area (Å²) in [5.41, 5.74) is 2.08. The summed E-state index contributed by atoms with van der Waals surface area (Å²) in [6.45, 7) is 4.26. The number of hydrogen-bond donors (Lipinski definition) is 1. The van der Waals surface area contributed by atoms with Gasteiger partial charge in [-0.15, -0.1) is 11.3 Å². The van der Waals surface area contributed by atoms with Gasteiger partial charge in [-0.3, -0.25) is 4.79 Å². The molecule has 0 atom stereocenters. The van der Waals surface area contributed by atoms with Crippen LogP contribution in [0.5, 0.6) is 0 Å². The zero-order chi connectivity index (χ0) is 14.5. The fraction of sp³-hybridized carbons (Fsp3) is 0.429. The third-order valence-corrected chi connectivity index (χ3v) is 4.15. The number of aryl methyl sites for hydroxylation is 1. The molecule has 0 saturated heterocycles. The number of hydrogen-bond acceptors (Lipinski definition) is 5. The summed E-state index contributed by atoms with van der Waals surface area (Å²) in [5.74, 6) is 0. The van der Waals surface area contributed by atoms with Gasteiger partial charge in [-0.2, -0.15) is 5.10 Å². The van der Waals surface area contributed by atoms with Crippen molar-refractivity contribution in [2.75, 3.05) is 25.5 Å². The van der Waals surface area contributed by atoms with Crippen molar-refractivity contribution in [1.29, 1.82) is 0 Å². The van der Waals surface area contributed by atoms with Gasteiger partial charge in [-0.1, -0.05) is 0 Å². The van der Waals surface area contributed by atoms with E-state index in [2.05, 4.69) is 28.8 Å². The molecule has 0 saturated carbocycles. The lowest BCUT2D eigenvalue weighted by molar-refractivity contribution is 0.533. The van der Waals surface area contributed by atoms with E-state index in [9.17, 15) is 4.79 Å². The molecule has 6 heteroatoms. The Kier molecular flexibility index (Phi) is 4.92. The lowest BCUT2D eigenvalue weighted by Crippen LogP contribution is -2.29. The molecule has 1 N–H and O–H groups in total. The third kappa shape index (κ3) is 3.68. The van der Waals surface area contributed by atoms with Gasteiger partial charge in [0.2, 0.25) is 0 Å². The number of thiophene rings is 1. The van der Waals surface area contributed by atoms with Crippen molar-refractivity contribution in [2.24, 2.45) is 0 Å². The van der Waals surface area contributed by atoms with Crippen LogP contribution in [0.2, 0.25) is 0 Å². The molecule has 0 aromatic carbocycles. The predicted molar refractivity (Wildman–Crippen MR) is 83.6 cm³/mol. The van der Waals surface area contributed by atoms with Gasteiger partial charge in [0.1, 0.15) is 0 Å². The Bertz CT molecular complexity index is 618. The van der Waals surface area contributed by atoms with Gasteiger partial charge in [-0.05, 0) is 23.9 Å². The normalized spacial score (nSPS) is 10.8. The first-order valence-electron chi connectivity index (χ1n) is 6.56. The van der Waals surface area contributed by atoms with Gasteiger partial charge >= 0.3 is 0 Å². The van der Waals surface area contributed by atoms with Crippen LogP contribution in [-0.2, 0) is 13.1 Å². The maximum absolute atomic E-state index is 11.9. The molecule has 2 heterocycles. The molecule has 0 aliphatic heterocycles. The van der Waals surface area contributed by atoms with Crippen molar-refractivity contribution in [1.82, 2.24) is 15.1 Å². The lowest BCUT2D eigenvalue weighted by Gasteiger charge is -2.12.